The molecule has 12 heavy (non-hydrogen) atoms. The lowest BCUT2D eigenvalue weighted by Crippen LogP contribution is -2.37. The van der Waals surface area contributed by atoms with Crippen molar-refractivity contribution in [3.8, 4) is 0 Å². The van der Waals surface area contributed by atoms with Crippen molar-refractivity contribution in [1.82, 2.24) is 4.90 Å². The largest absolute Gasteiger partial charge is 0.303 e. The van der Waals surface area contributed by atoms with Crippen molar-refractivity contribution in [2.45, 2.75) is 40.2 Å². The van der Waals surface area contributed by atoms with Gasteiger partial charge in [0.25, 0.3) is 0 Å². The van der Waals surface area contributed by atoms with Gasteiger partial charge in [-0.25, -0.2) is 0 Å². The molecule has 0 rings (SSSR count). The van der Waals surface area contributed by atoms with E-state index >= 15 is 0 Å². The van der Waals surface area contributed by atoms with Crippen LogP contribution in [0, 0.1) is 5.41 Å². The highest BCUT2D eigenvalue weighted by atomic mass is 79.9. The summed E-state index contributed by atoms with van der Waals surface area (Å²) in [6, 6.07) is 0.698. The van der Waals surface area contributed by atoms with Gasteiger partial charge in [-0.1, -0.05) is 36.7 Å². The molecule has 0 spiro atoms. The third-order valence-corrected chi connectivity index (χ3v) is 3.90. The molecule has 1 atom stereocenters. The smallest absolute Gasteiger partial charge is 0.00949 e. The van der Waals surface area contributed by atoms with Crippen molar-refractivity contribution in [2.24, 2.45) is 5.41 Å². The van der Waals surface area contributed by atoms with E-state index in [-0.39, 0.29) is 0 Å². The van der Waals surface area contributed by atoms with Gasteiger partial charge >= 0.3 is 0 Å². The van der Waals surface area contributed by atoms with Gasteiger partial charge in [-0.05, 0) is 25.8 Å². The van der Waals surface area contributed by atoms with Crippen molar-refractivity contribution in [3.05, 3.63) is 0 Å². The summed E-state index contributed by atoms with van der Waals surface area (Å²) in [5.74, 6) is 0. The second kappa shape index (κ2) is 5.23. The minimum Gasteiger partial charge on any atom is -0.303 e. The molecule has 0 fully saturated rings. The number of rotatable bonds is 5. The van der Waals surface area contributed by atoms with E-state index in [1.165, 1.54) is 6.42 Å². The number of alkyl halides is 1. The zero-order valence-corrected chi connectivity index (χ0v) is 10.6. The van der Waals surface area contributed by atoms with Crippen LogP contribution in [0.5, 0.6) is 0 Å². The summed E-state index contributed by atoms with van der Waals surface area (Å²) < 4.78 is 0. The summed E-state index contributed by atoms with van der Waals surface area (Å²) in [6.07, 6.45) is 1.23. The lowest BCUT2D eigenvalue weighted by molar-refractivity contribution is 0.181. The highest BCUT2D eigenvalue weighted by molar-refractivity contribution is 9.09. The van der Waals surface area contributed by atoms with Gasteiger partial charge < -0.3 is 4.90 Å². The first-order chi connectivity index (χ1) is 5.43. The van der Waals surface area contributed by atoms with Crippen LogP contribution in [-0.2, 0) is 0 Å². The molecule has 0 amide bonds. The molecule has 1 nitrogen and oxygen atoms in total. The van der Waals surface area contributed by atoms with Crippen LogP contribution in [0.15, 0.2) is 0 Å². The van der Waals surface area contributed by atoms with E-state index in [0.29, 0.717) is 11.5 Å². The summed E-state index contributed by atoms with van der Waals surface area (Å²) in [5, 5.41) is 1.07. The Morgan fingerprint density at radius 1 is 1.42 bits per heavy atom. The fraction of sp³-hybridized carbons (Fsp3) is 1.00. The summed E-state index contributed by atoms with van der Waals surface area (Å²) in [7, 11) is 2.21. The van der Waals surface area contributed by atoms with Crippen LogP contribution in [0.4, 0.5) is 0 Å². The molecule has 0 radical (unpaired) electrons. The number of hydrogen-bond acceptors (Lipinski definition) is 1. The fourth-order valence-electron chi connectivity index (χ4n) is 1.18. The van der Waals surface area contributed by atoms with Gasteiger partial charge in [0, 0.05) is 17.9 Å². The van der Waals surface area contributed by atoms with Gasteiger partial charge in [0.1, 0.15) is 0 Å². The molecular weight excluding hydrogens is 214 g/mol. The SMILES string of the molecule is CCC(C)N(C)CC(C)(C)CBr. The molecule has 0 aliphatic heterocycles. The Balaban J connectivity index is 3.90. The van der Waals surface area contributed by atoms with Crippen molar-refractivity contribution in [3.63, 3.8) is 0 Å². The molecule has 0 aromatic carbocycles. The molecule has 74 valence electrons. The van der Waals surface area contributed by atoms with E-state index in [4.69, 9.17) is 0 Å². The maximum atomic E-state index is 3.54. The molecule has 0 heterocycles. The molecule has 0 bridgehead atoms. The topological polar surface area (TPSA) is 3.24 Å². The second-order valence-electron chi connectivity index (χ2n) is 4.47. The van der Waals surface area contributed by atoms with Crippen LogP contribution in [0.2, 0.25) is 0 Å². The zero-order valence-electron chi connectivity index (χ0n) is 9.02. The summed E-state index contributed by atoms with van der Waals surface area (Å²) >= 11 is 3.54. The summed E-state index contributed by atoms with van der Waals surface area (Å²) in [4.78, 5) is 2.43. The summed E-state index contributed by atoms with van der Waals surface area (Å²) in [6.45, 7) is 10.3. The Bertz CT molecular complexity index is 123. The van der Waals surface area contributed by atoms with Crippen LogP contribution in [-0.4, -0.2) is 29.9 Å². The molecule has 0 saturated carbocycles. The Labute approximate surface area is 85.7 Å². The van der Waals surface area contributed by atoms with E-state index in [0.717, 1.165) is 11.9 Å². The highest BCUT2D eigenvalue weighted by Crippen LogP contribution is 2.20. The maximum absolute atomic E-state index is 3.54. The van der Waals surface area contributed by atoms with Crippen molar-refractivity contribution in [1.29, 1.82) is 0 Å². The van der Waals surface area contributed by atoms with Crippen LogP contribution in [0.1, 0.15) is 34.1 Å². The number of hydrogen-bond donors (Lipinski definition) is 0. The fourth-order valence-corrected chi connectivity index (χ4v) is 1.36. The van der Waals surface area contributed by atoms with Crippen molar-refractivity contribution >= 4 is 15.9 Å². The molecule has 0 saturated heterocycles. The molecule has 0 aliphatic carbocycles. The molecule has 1 unspecified atom stereocenters. The Morgan fingerprint density at radius 3 is 2.25 bits per heavy atom. The number of halogens is 1. The quantitative estimate of drug-likeness (QED) is 0.663. The third kappa shape index (κ3) is 4.46. The van der Waals surface area contributed by atoms with Crippen LogP contribution < -0.4 is 0 Å². The first-order valence-electron chi connectivity index (χ1n) is 4.69. The molecule has 0 aromatic heterocycles. The number of nitrogens with zero attached hydrogens (tertiary/aromatic N) is 1. The zero-order chi connectivity index (χ0) is 9.78. The van der Waals surface area contributed by atoms with Crippen LogP contribution in [0.25, 0.3) is 0 Å². The van der Waals surface area contributed by atoms with Gasteiger partial charge in [-0.3, -0.25) is 0 Å². The second-order valence-corrected chi connectivity index (χ2v) is 5.03. The average molecular weight is 236 g/mol. The van der Waals surface area contributed by atoms with Gasteiger partial charge in [-0.15, -0.1) is 0 Å². The lowest BCUT2D eigenvalue weighted by Gasteiger charge is -2.32. The minimum absolute atomic E-state index is 0.387. The predicted molar refractivity (Wildman–Crippen MR) is 60.0 cm³/mol. The Kier molecular flexibility index (Phi) is 5.42. The predicted octanol–water partition coefficient (Wildman–Crippen LogP) is 3.14. The van der Waals surface area contributed by atoms with Gasteiger partial charge in [0.15, 0.2) is 0 Å². The van der Waals surface area contributed by atoms with E-state index in [1.807, 2.05) is 0 Å². The van der Waals surface area contributed by atoms with Gasteiger partial charge in [0.2, 0.25) is 0 Å². The maximum Gasteiger partial charge on any atom is 0.00949 e. The first kappa shape index (κ1) is 12.4. The summed E-state index contributed by atoms with van der Waals surface area (Å²) in [5.41, 5.74) is 0.387. The monoisotopic (exact) mass is 235 g/mol. The highest BCUT2D eigenvalue weighted by Gasteiger charge is 2.20. The van der Waals surface area contributed by atoms with Crippen molar-refractivity contribution in [2.75, 3.05) is 18.9 Å². The first-order valence-corrected chi connectivity index (χ1v) is 5.81. The molecule has 0 aromatic rings. The minimum atomic E-state index is 0.387. The molecule has 0 N–H and O–H groups in total. The van der Waals surface area contributed by atoms with E-state index in [1.54, 1.807) is 0 Å². The van der Waals surface area contributed by atoms with Crippen LogP contribution in [0.3, 0.4) is 0 Å². The standard InChI is InChI=1S/C10H22BrN/c1-6-9(2)12(5)8-10(3,4)7-11/h9H,6-8H2,1-5H3. The van der Waals surface area contributed by atoms with Gasteiger partial charge in [-0.2, -0.15) is 0 Å². The average Bonchev–Trinajstić information content (AvgIpc) is 2.02. The molecule has 0 aliphatic rings. The molecular formula is C10H22BrN. The Morgan fingerprint density at radius 2 is 1.92 bits per heavy atom. The van der Waals surface area contributed by atoms with E-state index < -0.39 is 0 Å². The van der Waals surface area contributed by atoms with E-state index in [2.05, 4.69) is 55.6 Å². The van der Waals surface area contributed by atoms with Crippen LogP contribution >= 0.6 is 15.9 Å². The van der Waals surface area contributed by atoms with Crippen molar-refractivity contribution < 1.29 is 0 Å². The van der Waals surface area contributed by atoms with E-state index in [9.17, 15) is 0 Å². The third-order valence-electron chi connectivity index (χ3n) is 2.38. The normalized spacial score (nSPS) is 15.2. The Hall–Kier alpha value is 0.440. The molecule has 2 heteroatoms. The van der Waals surface area contributed by atoms with Gasteiger partial charge in [0.05, 0.1) is 0 Å². The lowest BCUT2D eigenvalue weighted by atomic mass is 9.95.